The Labute approximate surface area is 107 Å². The zero-order chi connectivity index (χ0) is 13.2. The van der Waals surface area contributed by atoms with Crippen LogP contribution in [0.5, 0.6) is 0 Å². The van der Waals surface area contributed by atoms with Crippen LogP contribution in [-0.4, -0.2) is 41.1 Å². The van der Waals surface area contributed by atoms with E-state index in [-0.39, 0.29) is 6.42 Å². The monoisotopic (exact) mass is 258 g/mol. The predicted octanol–water partition coefficient (Wildman–Crippen LogP) is 0.532. The van der Waals surface area contributed by atoms with Gasteiger partial charge < -0.3 is 5.11 Å². The molecule has 0 unspecified atom stereocenters. The first-order chi connectivity index (χ1) is 9.25. The molecule has 0 aromatic carbocycles. The molecule has 8 heteroatoms. The van der Waals surface area contributed by atoms with Gasteiger partial charge in [-0.1, -0.05) is 6.07 Å². The van der Waals surface area contributed by atoms with E-state index in [1.165, 1.54) is 0 Å². The molecule has 3 aromatic rings. The van der Waals surface area contributed by atoms with Gasteiger partial charge in [-0.3, -0.25) is 9.20 Å². The average molecular weight is 258 g/mol. The first kappa shape index (κ1) is 11.3. The molecule has 0 aliphatic heterocycles. The van der Waals surface area contributed by atoms with E-state index in [1.807, 2.05) is 22.6 Å². The third kappa shape index (κ3) is 2.03. The standard InChI is InChI=1S/C11H10N6O2/c18-10(19)5-4-7-2-1-3-9-12-6-8(17(7)9)11-13-15-16-14-11/h1-3,6H,4-5H2,(H,18,19)(H,13,14,15,16). The fraction of sp³-hybridized carbons (Fsp3) is 0.182. The molecule has 3 heterocycles. The number of nitrogens with one attached hydrogen (secondary N) is 1. The lowest BCUT2D eigenvalue weighted by atomic mass is 10.2. The van der Waals surface area contributed by atoms with Gasteiger partial charge in [-0.2, -0.15) is 0 Å². The number of nitrogens with zero attached hydrogens (tertiary/aromatic N) is 5. The molecule has 0 aliphatic carbocycles. The van der Waals surface area contributed by atoms with Crippen molar-refractivity contribution >= 4 is 11.6 Å². The maximum Gasteiger partial charge on any atom is 0.303 e. The van der Waals surface area contributed by atoms with Crippen molar-refractivity contribution in [2.75, 3.05) is 0 Å². The van der Waals surface area contributed by atoms with Crippen LogP contribution < -0.4 is 0 Å². The van der Waals surface area contributed by atoms with E-state index in [1.54, 1.807) is 6.20 Å². The van der Waals surface area contributed by atoms with Crippen molar-refractivity contribution in [3.05, 3.63) is 30.1 Å². The number of carbonyl (C=O) groups is 1. The highest BCUT2D eigenvalue weighted by molar-refractivity contribution is 5.67. The number of H-pyrrole nitrogens is 1. The molecule has 0 saturated carbocycles. The van der Waals surface area contributed by atoms with Crippen LogP contribution in [0.3, 0.4) is 0 Å². The summed E-state index contributed by atoms with van der Waals surface area (Å²) in [5.41, 5.74) is 2.29. The summed E-state index contributed by atoms with van der Waals surface area (Å²) >= 11 is 0. The number of aromatic nitrogens is 6. The summed E-state index contributed by atoms with van der Waals surface area (Å²) in [6, 6.07) is 5.56. The van der Waals surface area contributed by atoms with Crippen LogP contribution in [0.15, 0.2) is 24.4 Å². The topological polar surface area (TPSA) is 109 Å². The molecule has 8 nitrogen and oxygen atoms in total. The maximum atomic E-state index is 10.7. The smallest absolute Gasteiger partial charge is 0.303 e. The van der Waals surface area contributed by atoms with E-state index in [4.69, 9.17) is 5.11 Å². The number of carboxylic acids is 1. The van der Waals surface area contributed by atoms with Gasteiger partial charge >= 0.3 is 5.97 Å². The van der Waals surface area contributed by atoms with Gasteiger partial charge in [0, 0.05) is 5.69 Å². The van der Waals surface area contributed by atoms with Gasteiger partial charge in [-0.05, 0) is 29.0 Å². The van der Waals surface area contributed by atoms with Crippen molar-refractivity contribution in [3.8, 4) is 11.5 Å². The molecular formula is C11H10N6O2. The minimum absolute atomic E-state index is 0.0609. The zero-order valence-electron chi connectivity index (χ0n) is 9.82. The number of aromatic amines is 1. The van der Waals surface area contributed by atoms with E-state index in [2.05, 4.69) is 25.6 Å². The number of imidazole rings is 1. The van der Waals surface area contributed by atoms with Crippen LogP contribution in [-0.2, 0) is 11.2 Å². The van der Waals surface area contributed by atoms with Gasteiger partial charge in [0.25, 0.3) is 0 Å². The Morgan fingerprint density at radius 1 is 1.42 bits per heavy atom. The van der Waals surface area contributed by atoms with Crippen LogP contribution in [0.25, 0.3) is 17.2 Å². The molecule has 0 fully saturated rings. The van der Waals surface area contributed by atoms with E-state index in [9.17, 15) is 4.79 Å². The Kier molecular flexibility index (Phi) is 2.67. The number of pyridine rings is 1. The minimum atomic E-state index is -0.833. The van der Waals surface area contributed by atoms with Gasteiger partial charge in [0.15, 0.2) is 5.82 Å². The van der Waals surface area contributed by atoms with Gasteiger partial charge in [-0.15, -0.1) is 5.10 Å². The number of fused-ring (bicyclic) bond motifs is 1. The number of aryl methyl sites for hydroxylation is 1. The van der Waals surface area contributed by atoms with E-state index in [0.29, 0.717) is 17.9 Å². The fourth-order valence-electron chi connectivity index (χ4n) is 1.97. The number of aliphatic carboxylic acids is 1. The normalized spacial score (nSPS) is 10.9. The molecule has 3 aromatic heterocycles. The van der Waals surface area contributed by atoms with Crippen LogP contribution in [0.1, 0.15) is 12.1 Å². The van der Waals surface area contributed by atoms with Crippen molar-refractivity contribution in [2.45, 2.75) is 12.8 Å². The first-order valence-corrected chi connectivity index (χ1v) is 5.67. The highest BCUT2D eigenvalue weighted by Gasteiger charge is 2.12. The summed E-state index contributed by atoms with van der Waals surface area (Å²) in [5, 5.41) is 22.4. The number of hydrogen-bond acceptors (Lipinski definition) is 5. The Balaban J connectivity index is 2.11. The number of hydrogen-bond donors (Lipinski definition) is 2. The number of rotatable bonds is 4. The van der Waals surface area contributed by atoms with Crippen molar-refractivity contribution < 1.29 is 9.90 Å². The summed E-state index contributed by atoms with van der Waals surface area (Å²) in [6.07, 6.45) is 2.13. The summed E-state index contributed by atoms with van der Waals surface area (Å²) in [6.45, 7) is 0. The van der Waals surface area contributed by atoms with Crippen LogP contribution in [0.4, 0.5) is 0 Å². The molecule has 0 aliphatic rings. The van der Waals surface area contributed by atoms with Gasteiger partial charge in [-0.25, -0.2) is 10.1 Å². The van der Waals surface area contributed by atoms with Crippen molar-refractivity contribution in [1.82, 2.24) is 30.0 Å². The third-order valence-electron chi connectivity index (χ3n) is 2.79. The SMILES string of the molecule is O=C(O)CCc1cccc2ncc(-c3nnn[nH]3)n12. The molecule has 0 amide bonds. The second kappa shape index (κ2) is 4.48. The lowest BCUT2D eigenvalue weighted by Crippen LogP contribution is -2.03. The van der Waals surface area contributed by atoms with Gasteiger partial charge in [0.1, 0.15) is 11.3 Å². The Morgan fingerprint density at radius 3 is 3.05 bits per heavy atom. The summed E-state index contributed by atoms with van der Waals surface area (Å²) in [4.78, 5) is 15.0. The lowest BCUT2D eigenvalue weighted by Gasteiger charge is -2.06. The Hall–Kier alpha value is -2.77. The van der Waals surface area contributed by atoms with Crippen molar-refractivity contribution in [2.24, 2.45) is 0 Å². The molecule has 0 spiro atoms. The fourth-order valence-corrected chi connectivity index (χ4v) is 1.97. The highest BCUT2D eigenvalue weighted by atomic mass is 16.4. The predicted molar refractivity (Wildman–Crippen MR) is 64.3 cm³/mol. The zero-order valence-corrected chi connectivity index (χ0v) is 9.82. The van der Waals surface area contributed by atoms with Crippen LogP contribution in [0, 0.1) is 0 Å². The number of tetrazole rings is 1. The van der Waals surface area contributed by atoms with Gasteiger partial charge in [0.05, 0.1) is 12.6 Å². The first-order valence-electron chi connectivity index (χ1n) is 5.67. The molecular weight excluding hydrogens is 248 g/mol. The molecule has 19 heavy (non-hydrogen) atoms. The molecule has 3 rings (SSSR count). The number of carboxylic acid groups (broad SMARTS) is 1. The largest absolute Gasteiger partial charge is 0.481 e. The molecule has 2 N–H and O–H groups in total. The van der Waals surface area contributed by atoms with Crippen molar-refractivity contribution in [3.63, 3.8) is 0 Å². The highest BCUT2D eigenvalue weighted by Crippen LogP contribution is 2.19. The van der Waals surface area contributed by atoms with Gasteiger partial charge in [0.2, 0.25) is 0 Å². The van der Waals surface area contributed by atoms with Crippen LogP contribution >= 0.6 is 0 Å². The molecule has 0 atom stereocenters. The summed E-state index contributed by atoms with van der Waals surface area (Å²) in [7, 11) is 0. The molecule has 0 saturated heterocycles. The minimum Gasteiger partial charge on any atom is -0.481 e. The second-order valence-corrected chi connectivity index (χ2v) is 4.00. The average Bonchev–Trinajstić information content (AvgIpc) is 3.04. The summed E-state index contributed by atoms with van der Waals surface area (Å²) in [5.74, 6) is -0.338. The van der Waals surface area contributed by atoms with E-state index in [0.717, 1.165) is 11.3 Å². The van der Waals surface area contributed by atoms with Crippen molar-refractivity contribution in [1.29, 1.82) is 0 Å². The Bertz CT molecular complexity index is 718. The summed E-state index contributed by atoms with van der Waals surface area (Å²) < 4.78 is 1.85. The van der Waals surface area contributed by atoms with E-state index >= 15 is 0 Å². The molecule has 0 bridgehead atoms. The molecule has 96 valence electrons. The van der Waals surface area contributed by atoms with Crippen LogP contribution in [0.2, 0.25) is 0 Å². The maximum absolute atomic E-state index is 10.7. The lowest BCUT2D eigenvalue weighted by molar-refractivity contribution is -0.136. The molecule has 0 radical (unpaired) electrons. The Morgan fingerprint density at radius 2 is 2.32 bits per heavy atom. The van der Waals surface area contributed by atoms with E-state index < -0.39 is 5.97 Å². The third-order valence-corrected chi connectivity index (χ3v) is 2.79. The quantitative estimate of drug-likeness (QED) is 0.706. The second-order valence-electron chi connectivity index (χ2n) is 4.00.